The van der Waals surface area contributed by atoms with Gasteiger partial charge in [-0.05, 0) is 54.3 Å². The summed E-state index contributed by atoms with van der Waals surface area (Å²) in [5.74, 6) is -3.44. The SMILES string of the molecule is COC(=O)c1ccc(C(F)(F)F)c(CC(C)C)c1.COC(=O)c1ccc(C(F)(F)F)c(OS(=O)(=O)C(F)(F)F)c1. The van der Waals surface area contributed by atoms with Gasteiger partial charge in [-0.25, -0.2) is 9.59 Å². The number of rotatable bonds is 6. The van der Waals surface area contributed by atoms with Crippen molar-refractivity contribution in [3.8, 4) is 5.75 Å². The summed E-state index contributed by atoms with van der Waals surface area (Å²) in [7, 11) is -4.27. The van der Waals surface area contributed by atoms with Crippen LogP contribution in [-0.2, 0) is 38.4 Å². The van der Waals surface area contributed by atoms with E-state index in [2.05, 4.69) is 13.7 Å². The molecule has 0 aliphatic rings. The number of halogens is 9. The number of carbonyl (C=O) groups is 2. The molecular weight excluding hydrogens is 591 g/mol. The summed E-state index contributed by atoms with van der Waals surface area (Å²) in [6, 6.07) is 4.32. The molecule has 224 valence electrons. The van der Waals surface area contributed by atoms with Gasteiger partial charge in [0.1, 0.15) is 0 Å². The molecule has 0 bridgehead atoms. The molecule has 0 fully saturated rings. The second kappa shape index (κ2) is 12.8. The van der Waals surface area contributed by atoms with Crippen molar-refractivity contribution in [2.45, 2.75) is 38.1 Å². The lowest BCUT2D eigenvalue weighted by Crippen LogP contribution is -2.29. The van der Waals surface area contributed by atoms with E-state index in [-0.39, 0.29) is 35.6 Å². The summed E-state index contributed by atoms with van der Waals surface area (Å²) in [5, 5.41) is 0. The second-order valence-corrected chi connectivity index (χ2v) is 9.68. The molecular formula is C23H21F9O7S. The summed E-state index contributed by atoms with van der Waals surface area (Å²) in [4.78, 5) is 22.5. The fourth-order valence-corrected chi connectivity index (χ4v) is 3.43. The molecule has 0 atom stereocenters. The third kappa shape index (κ3) is 9.31. The van der Waals surface area contributed by atoms with Gasteiger partial charge in [-0.3, -0.25) is 0 Å². The standard InChI is InChI=1S/C13H15F3O2.C10H6F6O5S/c1-8(2)6-10-7-9(12(17)18-3)4-5-11(10)13(14,15)16;1-20-8(17)5-2-3-6(9(11,12)13)7(4-5)21-22(18,19)10(14,15)16/h4-5,7-8H,6H2,1-3H3;2-4H,1H3. The lowest BCUT2D eigenvalue weighted by atomic mass is 9.95. The molecule has 0 N–H and O–H groups in total. The van der Waals surface area contributed by atoms with Gasteiger partial charge in [0.15, 0.2) is 5.75 Å². The summed E-state index contributed by atoms with van der Waals surface area (Å²) in [6.07, 6.45) is -9.34. The lowest BCUT2D eigenvalue weighted by Gasteiger charge is -2.15. The molecule has 0 unspecified atom stereocenters. The Kier molecular flexibility index (Phi) is 11.0. The van der Waals surface area contributed by atoms with Crippen molar-refractivity contribution < 1.29 is 71.2 Å². The molecule has 2 aromatic rings. The molecule has 0 aliphatic carbocycles. The number of esters is 2. The van der Waals surface area contributed by atoms with Crippen LogP contribution in [0.4, 0.5) is 39.5 Å². The number of hydrogen-bond acceptors (Lipinski definition) is 7. The maximum atomic E-state index is 12.8. The van der Waals surface area contributed by atoms with Crippen LogP contribution in [0.15, 0.2) is 36.4 Å². The number of alkyl halides is 9. The first-order valence-corrected chi connectivity index (χ1v) is 12.0. The number of hydrogen-bond donors (Lipinski definition) is 0. The van der Waals surface area contributed by atoms with Crippen LogP contribution in [0.25, 0.3) is 0 Å². The number of benzene rings is 2. The quantitative estimate of drug-likeness (QED) is 0.161. The minimum Gasteiger partial charge on any atom is -0.465 e. The van der Waals surface area contributed by atoms with E-state index in [9.17, 15) is 57.5 Å². The zero-order valence-electron chi connectivity index (χ0n) is 20.9. The van der Waals surface area contributed by atoms with E-state index < -0.39 is 62.4 Å². The first kappa shape index (κ1) is 34.5. The summed E-state index contributed by atoms with van der Waals surface area (Å²) < 4.78 is 147. The molecule has 0 aromatic heterocycles. The molecule has 40 heavy (non-hydrogen) atoms. The van der Waals surface area contributed by atoms with Crippen LogP contribution >= 0.6 is 0 Å². The molecule has 0 spiro atoms. The maximum Gasteiger partial charge on any atom is 0.534 e. The van der Waals surface area contributed by atoms with E-state index in [1.54, 1.807) is 0 Å². The predicted octanol–water partition coefficient (Wildman–Crippen LogP) is 6.41. The summed E-state index contributed by atoms with van der Waals surface area (Å²) >= 11 is 0. The Morgan fingerprint density at radius 1 is 0.750 bits per heavy atom. The Bertz CT molecular complexity index is 1310. The van der Waals surface area contributed by atoms with E-state index >= 15 is 0 Å². The normalized spacial score (nSPS) is 12.3. The van der Waals surface area contributed by atoms with Gasteiger partial charge in [-0.15, -0.1) is 0 Å². The Hall–Kier alpha value is -3.50. The van der Waals surface area contributed by atoms with E-state index in [0.717, 1.165) is 19.2 Å². The molecule has 2 aromatic carbocycles. The largest absolute Gasteiger partial charge is 0.534 e. The molecule has 7 nitrogen and oxygen atoms in total. The molecule has 0 saturated carbocycles. The number of carbonyl (C=O) groups excluding carboxylic acids is 2. The Morgan fingerprint density at radius 2 is 1.18 bits per heavy atom. The smallest absolute Gasteiger partial charge is 0.465 e. The zero-order chi connectivity index (χ0) is 31.3. The molecule has 0 saturated heterocycles. The van der Waals surface area contributed by atoms with Crippen molar-refractivity contribution in [1.82, 2.24) is 0 Å². The van der Waals surface area contributed by atoms with E-state index in [0.29, 0.717) is 6.07 Å². The van der Waals surface area contributed by atoms with Gasteiger partial charge in [0.25, 0.3) is 0 Å². The second-order valence-electron chi connectivity index (χ2n) is 8.14. The third-order valence-corrected chi connectivity index (χ3v) is 5.62. The van der Waals surface area contributed by atoms with Crippen LogP contribution in [0.3, 0.4) is 0 Å². The average molecular weight is 612 g/mol. The van der Waals surface area contributed by atoms with Crippen LogP contribution in [0.1, 0.15) is 51.3 Å². The van der Waals surface area contributed by atoms with Gasteiger partial charge in [-0.2, -0.15) is 47.9 Å². The first-order chi connectivity index (χ1) is 18.0. The minimum absolute atomic E-state index is 0.0685. The van der Waals surface area contributed by atoms with Crippen molar-refractivity contribution in [3.05, 3.63) is 64.2 Å². The fraction of sp³-hybridized carbons (Fsp3) is 0.391. The van der Waals surface area contributed by atoms with Gasteiger partial charge >= 0.3 is 39.9 Å². The molecule has 2 rings (SSSR count). The maximum absolute atomic E-state index is 12.8. The molecule has 0 amide bonds. The zero-order valence-corrected chi connectivity index (χ0v) is 21.7. The van der Waals surface area contributed by atoms with E-state index in [1.165, 1.54) is 13.2 Å². The Balaban J connectivity index is 0.000000408. The van der Waals surface area contributed by atoms with Crippen LogP contribution in [0.5, 0.6) is 5.75 Å². The predicted molar refractivity (Wildman–Crippen MR) is 120 cm³/mol. The van der Waals surface area contributed by atoms with Crippen molar-refractivity contribution in [2.75, 3.05) is 14.2 Å². The molecule has 0 radical (unpaired) electrons. The Morgan fingerprint density at radius 3 is 1.55 bits per heavy atom. The van der Waals surface area contributed by atoms with Gasteiger partial charge in [0.05, 0.1) is 36.5 Å². The average Bonchev–Trinajstić information content (AvgIpc) is 2.80. The summed E-state index contributed by atoms with van der Waals surface area (Å²) in [5.41, 5.74) is -8.78. The van der Waals surface area contributed by atoms with Gasteiger partial charge in [0, 0.05) is 0 Å². The molecule has 0 aliphatic heterocycles. The van der Waals surface area contributed by atoms with Gasteiger partial charge in [-0.1, -0.05) is 13.8 Å². The highest BCUT2D eigenvalue weighted by atomic mass is 32.2. The number of methoxy groups -OCH3 is 2. The van der Waals surface area contributed by atoms with Crippen molar-refractivity contribution in [3.63, 3.8) is 0 Å². The molecule has 0 heterocycles. The Labute approximate surface area is 221 Å². The minimum atomic E-state index is -6.33. The van der Waals surface area contributed by atoms with Crippen molar-refractivity contribution >= 4 is 22.1 Å². The lowest BCUT2D eigenvalue weighted by molar-refractivity contribution is -0.139. The van der Waals surface area contributed by atoms with Crippen LogP contribution in [0, 0.1) is 5.92 Å². The highest BCUT2D eigenvalue weighted by Gasteiger charge is 2.50. The first-order valence-electron chi connectivity index (χ1n) is 10.6. The highest BCUT2D eigenvalue weighted by Crippen LogP contribution is 2.39. The number of ether oxygens (including phenoxy) is 2. The van der Waals surface area contributed by atoms with Crippen molar-refractivity contribution in [1.29, 1.82) is 0 Å². The van der Waals surface area contributed by atoms with Crippen LogP contribution < -0.4 is 4.18 Å². The fourth-order valence-electron chi connectivity index (χ4n) is 2.96. The topological polar surface area (TPSA) is 96.0 Å². The van der Waals surface area contributed by atoms with Crippen molar-refractivity contribution in [2.24, 2.45) is 5.92 Å². The molecule has 17 heteroatoms. The van der Waals surface area contributed by atoms with Crippen LogP contribution in [-0.4, -0.2) is 40.1 Å². The summed E-state index contributed by atoms with van der Waals surface area (Å²) in [6.45, 7) is 3.65. The van der Waals surface area contributed by atoms with Crippen LogP contribution in [0.2, 0.25) is 0 Å². The van der Waals surface area contributed by atoms with Gasteiger partial charge in [0.2, 0.25) is 0 Å². The third-order valence-electron chi connectivity index (χ3n) is 4.65. The highest BCUT2D eigenvalue weighted by molar-refractivity contribution is 7.88. The van der Waals surface area contributed by atoms with E-state index in [4.69, 9.17) is 0 Å². The van der Waals surface area contributed by atoms with Gasteiger partial charge < -0.3 is 13.7 Å². The monoisotopic (exact) mass is 612 g/mol. The van der Waals surface area contributed by atoms with E-state index in [1.807, 2.05) is 13.8 Å².